The van der Waals surface area contributed by atoms with Gasteiger partial charge in [0.05, 0.1) is 36.3 Å². The second-order valence-electron chi connectivity index (χ2n) is 4.23. The Morgan fingerprint density at radius 2 is 2.20 bits per heavy atom. The van der Waals surface area contributed by atoms with Gasteiger partial charge in [-0.1, -0.05) is 0 Å². The highest BCUT2D eigenvalue weighted by molar-refractivity contribution is 5.46. The Bertz CT molecular complexity index is 342. The summed E-state index contributed by atoms with van der Waals surface area (Å²) in [5, 5.41) is 4.36. The predicted octanol–water partition coefficient (Wildman–Crippen LogP) is 1.65. The second-order valence-corrected chi connectivity index (χ2v) is 4.23. The first-order valence-corrected chi connectivity index (χ1v) is 5.59. The first-order chi connectivity index (χ1) is 7.18. The molecular weight excluding hydrogens is 190 g/mol. The minimum atomic E-state index is 0.499. The summed E-state index contributed by atoms with van der Waals surface area (Å²) in [7, 11) is 0. The lowest BCUT2D eigenvalue weighted by molar-refractivity contribution is -0.00253. The molecule has 0 saturated heterocycles. The standard InChI is InChI=1S/C11H19N3O/c1-8-11(12)9(2)14(13-8)6-7-15-10-4-3-5-10/h10H,3-7,12H2,1-2H3. The molecule has 0 bridgehead atoms. The number of nitrogens with two attached hydrogens (primary N) is 1. The molecule has 4 heteroatoms. The third-order valence-corrected chi connectivity index (χ3v) is 3.15. The fourth-order valence-corrected chi connectivity index (χ4v) is 1.77. The van der Waals surface area contributed by atoms with E-state index in [4.69, 9.17) is 10.5 Å². The Morgan fingerprint density at radius 1 is 1.47 bits per heavy atom. The summed E-state index contributed by atoms with van der Waals surface area (Å²) in [5.74, 6) is 0. The topological polar surface area (TPSA) is 53.1 Å². The van der Waals surface area contributed by atoms with Crippen LogP contribution >= 0.6 is 0 Å². The lowest BCUT2D eigenvalue weighted by Crippen LogP contribution is -2.23. The lowest BCUT2D eigenvalue weighted by atomic mass is 9.96. The highest BCUT2D eigenvalue weighted by atomic mass is 16.5. The van der Waals surface area contributed by atoms with Gasteiger partial charge < -0.3 is 10.5 Å². The molecule has 1 aliphatic carbocycles. The monoisotopic (exact) mass is 209 g/mol. The molecule has 1 fully saturated rings. The van der Waals surface area contributed by atoms with Gasteiger partial charge in [0.25, 0.3) is 0 Å². The number of nitrogens with zero attached hydrogens (tertiary/aromatic N) is 2. The van der Waals surface area contributed by atoms with Crippen molar-refractivity contribution < 1.29 is 4.74 Å². The molecule has 0 amide bonds. The fourth-order valence-electron chi connectivity index (χ4n) is 1.77. The molecule has 0 unspecified atom stereocenters. The van der Waals surface area contributed by atoms with E-state index >= 15 is 0 Å². The summed E-state index contributed by atoms with van der Waals surface area (Å²) in [6.07, 6.45) is 4.26. The maximum Gasteiger partial charge on any atom is 0.0825 e. The van der Waals surface area contributed by atoms with Crippen LogP contribution in [0.5, 0.6) is 0 Å². The third-order valence-electron chi connectivity index (χ3n) is 3.15. The van der Waals surface area contributed by atoms with E-state index < -0.39 is 0 Å². The smallest absolute Gasteiger partial charge is 0.0825 e. The number of aryl methyl sites for hydroxylation is 1. The van der Waals surface area contributed by atoms with Crippen molar-refractivity contribution in [2.75, 3.05) is 12.3 Å². The lowest BCUT2D eigenvalue weighted by Gasteiger charge is -2.25. The maximum atomic E-state index is 5.85. The van der Waals surface area contributed by atoms with Crippen LogP contribution in [0.1, 0.15) is 30.7 Å². The quantitative estimate of drug-likeness (QED) is 0.820. The number of nitrogen functional groups attached to an aromatic ring is 1. The van der Waals surface area contributed by atoms with Crippen LogP contribution in [0.4, 0.5) is 5.69 Å². The van der Waals surface area contributed by atoms with Crippen molar-refractivity contribution in [3.63, 3.8) is 0 Å². The van der Waals surface area contributed by atoms with Gasteiger partial charge in [-0.15, -0.1) is 0 Å². The predicted molar refractivity (Wildman–Crippen MR) is 59.7 cm³/mol. The zero-order valence-electron chi connectivity index (χ0n) is 9.49. The molecule has 0 aliphatic heterocycles. The molecule has 0 spiro atoms. The zero-order chi connectivity index (χ0) is 10.8. The van der Waals surface area contributed by atoms with Crippen molar-refractivity contribution in [2.45, 2.75) is 45.8 Å². The molecule has 2 rings (SSSR count). The van der Waals surface area contributed by atoms with Gasteiger partial charge >= 0.3 is 0 Å². The van der Waals surface area contributed by atoms with Crippen LogP contribution < -0.4 is 5.73 Å². The summed E-state index contributed by atoms with van der Waals surface area (Å²) in [6, 6.07) is 0. The van der Waals surface area contributed by atoms with Gasteiger partial charge in [-0.25, -0.2) is 0 Å². The minimum Gasteiger partial charge on any atom is -0.396 e. The van der Waals surface area contributed by atoms with E-state index in [1.165, 1.54) is 19.3 Å². The van der Waals surface area contributed by atoms with Crippen molar-refractivity contribution in [1.29, 1.82) is 0 Å². The van der Waals surface area contributed by atoms with E-state index in [0.29, 0.717) is 6.10 Å². The normalized spacial score (nSPS) is 16.7. The Labute approximate surface area is 90.4 Å². The van der Waals surface area contributed by atoms with Crippen molar-refractivity contribution in [1.82, 2.24) is 9.78 Å². The molecule has 84 valence electrons. The van der Waals surface area contributed by atoms with Crippen molar-refractivity contribution in [2.24, 2.45) is 0 Å². The Hall–Kier alpha value is -1.03. The van der Waals surface area contributed by atoms with Crippen LogP contribution in [0.25, 0.3) is 0 Å². The summed E-state index contributed by atoms with van der Waals surface area (Å²) in [4.78, 5) is 0. The van der Waals surface area contributed by atoms with Crippen LogP contribution in [0.2, 0.25) is 0 Å². The third kappa shape index (κ3) is 2.15. The van der Waals surface area contributed by atoms with Crippen LogP contribution in [-0.2, 0) is 11.3 Å². The Kier molecular flexibility index (Phi) is 2.95. The first-order valence-electron chi connectivity index (χ1n) is 5.59. The van der Waals surface area contributed by atoms with E-state index in [1.54, 1.807) is 0 Å². The molecule has 0 aromatic carbocycles. The molecule has 1 aliphatic rings. The molecule has 1 heterocycles. The van der Waals surface area contributed by atoms with Crippen LogP contribution in [0.15, 0.2) is 0 Å². The van der Waals surface area contributed by atoms with Gasteiger partial charge in [0.15, 0.2) is 0 Å². The maximum absolute atomic E-state index is 5.85. The molecule has 1 aromatic heterocycles. The van der Waals surface area contributed by atoms with Crippen LogP contribution in [-0.4, -0.2) is 22.5 Å². The number of hydrogen-bond donors (Lipinski definition) is 1. The number of aromatic nitrogens is 2. The SMILES string of the molecule is Cc1nn(CCOC2CCC2)c(C)c1N. The Balaban J connectivity index is 1.84. The van der Waals surface area contributed by atoms with Crippen molar-refractivity contribution in [3.8, 4) is 0 Å². The zero-order valence-corrected chi connectivity index (χ0v) is 9.49. The molecule has 2 N–H and O–H groups in total. The van der Waals surface area contributed by atoms with E-state index in [9.17, 15) is 0 Å². The van der Waals surface area contributed by atoms with E-state index in [1.807, 2.05) is 18.5 Å². The molecule has 4 nitrogen and oxygen atoms in total. The van der Waals surface area contributed by atoms with Crippen molar-refractivity contribution >= 4 is 5.69 Å². The largest absolute Gasteiger partial charge is 0.396 e. The van der Waals surface area contributed by atoms with Gasteiger partial charge in [-0.3, -0.25) is 4.68 Å². The number of ether oxygens (including phenoxy) is 1. The molecule has 0 atom stereocenters. The molecular formula is C11H19N3O. The van der Waals surface area contributed by atoms with Crippen LogP contribution in [0.3, 0.4) is 0 Å². The average Bonchev–Trinajstić information content (AvgIpc) is 2.38. The van der Waals surface area contributed by atoms with Gasteiger partial charge in [-0.2, -0.15) is 5.10 Å². The summed E-state index contributed by atoms with van der Waals surface area (Å²) >= 11 is 0. The van der Waals surface area contributed by atoms with Gasteiger partial charge in [-0.05, 0) is 33.1 Å². The summed E-state index contributed by atoms with van der Waals surface area (Å²) in [6.45, 7) is 5.48. The minimum absolute atomic E-state index is 0.499. The number of anilines is 1. The van der Waals surface area contributed by atoms with E-state index in [2.05, 4.69) is 5.10 Å². The highest BCUT2D eigenvalue weighted by Gasteiger charge is 2.17. The van der Waals surface area contributed by atoms with Crippen molar-refractivity contribution in [3.05, 3.63) is 11.4 Å². The van der Waals surface area contributed by atoms with Crippen LogP contribution in [0, 0.1) is 13.8 Å². The number of rotatable bonds is 4. The van der Waals surface area contributed by atoms with E-state index in [0.717, 1.165) is 30.2 Å². The van der Waals surface area contributed by atoms with Gasteiger partial charge in [0.2, 0.25) is 0 Å². The summed E-state index contributed by atoms with van der Waals surface area (Å²) < 4.78 is 7.62. The molecule has 0 radical (unpaired) electrons. The molecule has 15 heavy (non-hydrogen) atoms. The highest BCUT2D eigenvalue weighted by Crippen LogP contribution is 2.22. The van der Waals surface area contributed by atoms with Gasteiger partial charge in [0, 0.05) is 0 Å². The molecule has 1 aromatic rings. The van der Waals surface area contributed by atoms with E-state index in [-0.39, 0.29) is 0 Å². The second kappa shape index (κ2) is 4.23. The summed E-state index contributed by atoms with van der Waals surface area (Å²) in [5.41, 5.74) is 8.61. The van der Waals surface area contributed by atoms with Gasteiger partial charge in [0.1, 0.15) is 0 Å². The fraction of sp³-hybridized carbons (Fsp3) is 0.727. The number of hydrogen-bond acceptors (Lipinski definition) is 3. The molecule has 1 saturated carbocycles. The average molecular weight is 209 g/mol. The first kappa shape index (κ1) is 10.5. The Morgan fingerprint density at radius 3 is 2.67 bits per heavy atom.